The first kappa shape index (κ1) is 25.8. The number of benzene rings is 2. The van der Waals surface area contributed by atoms with Crippen molar-refractivity contribution in [3.05, 3.63) is 69.7 Å². The molecule has 3 rings (SSSR count). The van der Waals surface area contributed by atoms with Crippen LogP contribution < -0.4 is 0 Å². The largest absolute Gasteiger partial charge is 0.455 e. The zero-order valence-corrected chi connectivity index (χ0v) is 20.6. The Hall–Kier alpha value is -1.83. The summed E-state index contributed by atoms with van der Waals surface area (Å²) in [5, 5.41) is 0.597. The highest BCUT2D eigenvalue weighted by Crippen LogP contribution is 2.28. The van der Waals surface area contributed by atoms with Gasteiger partial charge in [-0.15, -0.1) is 11.8 Å². The maximum Gasteiger partial charge on any atom is 0.342 e. The summed E-state index contributed by atoms with van der Waals surface area (Å²) in [5.74, 6) is -0.696. The molecule has 2 unspecified atom stereocenters. The van der Waals surface area contributed by atoms with Gasteiger partial charge in [0.25, 0.3) is 0 Å². The first-order valence-electron chi connectivity index (χ1n) is 10.7. The molecule has 1 heterocycles. The van der Waals surface area contributed by atoms with Crippen LogP contribution in [0.4, 0.5) is 0 Å². The normalized spacial score (nSPS) is 17.4. The van der Waals surface area contributed by atoms with Crippen molar-refractivity contribution in [1.82, 2.24) is 0 Å². The van der Waals surface area contributed by atoms with Crippen LogP contribution in [0.25, 0.3) is 6.08 Å². The molecule has 0 aromatic heterocycles. The summed E-state index contributed by atoms with van der Waals surface area (Å²) in [5.41, 5.74) is 0.358. The Morgan fingerprint density at radius 1 is 1.15 bits per heavy atom. The van der Waals surface area contributed by atoms with Crippen LogP contribution in [0.1, 0.15) is 31.7 Å². The van der Waals surface area contributed by atoms with E-state index in [0.29, 0.717) is 22.9 Å². The molecule has 8 heteroatoms. The smallest absolute Gasteiger partial charge is 0.342 e. The highest BCUT2D eigenvalue weighted by molar-refractivity contribution is 7.99. The minimum absolute atomic E-state index is 0.109. The van der Waals surface area contributed by atoms with E-state index in [1.54, 1.807) is 30.0 Å². The lowest BCUT2D eigenvalue weighted by Gasteiger charge is -2.25. The molecule has 1 saturated heterocycles. The van der Waals surface area contributed by atoms with Crippen LogP contribution in [0, 0.1) is 0 Å². The summed E-state index contributed by atoms with van der Waals surface area (Å²) in [6, 6.07) is 14.8. The molecule has 0 radical (unpaired) electrons. The maximum atomic E-state index is 13.0. The topological polar surface area (TPSA) is 61.8 Å². The fourth-order valence-electron chi connectivity index (χ4n) is 3.19. The molecule has 1 fully saturated rings. The summed E-state index contributed by atoms with van der Waals surface area (Å²) < 4.78 is 17.2. The number of rotatable bonds is 10. The van der Waals surface area contributed by atoms with Crippen LogP contribution in [-0.2, 0) is 23.8 Å². The van der Waals surface area contributed by atoms with Gasteiger partial charge in [-0.05, 0) is 56.0 Å². The molecule has 1 aliphatic rings. The van der Waals surface area contributed by atoms with Crippen LogP contribution in [0.15, 0.2) is 59.0 Å². The third-order valence-corrected chi connectivity index (χ3v) is 6.92. The van der Waals surface area contributed by atoms with Crippen LogP contribution in [-0.4, -0.2) is 43.1 Å². The molecule has 0 spiro atoms. The minimum Gasteiger partial charge on any atom is -0.455 e. The molecule has 1 aliphatic heterocycles. The van der Waals surface area contributed by atoms with E-state index in [-0.39, 0.29) is 23.5 Å². The summed E-state index contributed by atoms with van der Waals surface area (Å²) in [6.07, 6.45) is 3.37. The molecule has 176 valence electrons. The molecule has 2 aromatic rings. The van der Waals surface area contributed by atoms with Gasteiger partial charge in [0.2, 0.25) is 0 Å². The monoisotopic (exact) mass is 508 g/mol. The van der Waals surface area contributed by atoms with E-state index in [1.807, 2.05) is 30.3 Å². The van der Waals surface area contributed by atoms with Gasteiger partial charge < -0.3 is 14.2 Å². The van der Waals surface area contributed by atoms with Gasteiger partial charge in [-0.25, -0.2) is 4.79 Å². The average Bonchev–Trinajstić information content (AvgIpc) is 2.82. The molecule has 0 N–H and O–H groups in total. The van der Waals surface area contributed by atoms with Gasteiger partial charge in [0.15, 0.2) is 12.1 Å². The molecular formula is C25H26Cl2O5S. The predicted octanol–water partition coefficient (Wildman–Crippen LogP) is 6.21. The van der Waals surface area contributed by atoms with Gasteiger partial charge in [-0.2, -0.15) is 0 Å². The SMILES string of the molecule is CC(=O)C(=Cc1cccc(Cl)c1Cl)C(=O)OC(COC1CCCCO1)CSc1ccccc1. The van der Waals surface area contributed by atoms with Crippen molar-refractivity contribution in [3.63, 3.8) is 0 Å². The van der Waals surface area contributed by atoms with Crippen LogP contribution >= 0.6 is 35.0 Å². The highest BCUT2D eigenvalue weighted by Gasteiger charge is 2.24. The van der Waals surface area contributed by atoms with Crippen molar-refractivity contribution in [2.24, 2.45) is 0 Å². The number of Topliss-reactive ketones (excluding diaryl/α,β-unsaturated/α-hetero) is 1. The van der Waals surface area contributed by atoms with E-state index in [1.165, 1.54) is 13.0 Å². The van der Waals surface area contributed by atoms with Gasteiger partial charge in [0.05, 0.1) is 16.7 Å². The summed E-state index contributed by atoms with van der Waals surface area (Å²) >= 11 is 13.8. The van der Waals surface area contributed by atoms with Gasteiger partial charge in [-0.3, -0.25) is 4.79 Å². The second-order valence-electron chi connectivity index (χ2n) is 7.54. The Morgan fingerprint density at radius 2 is 1.94 bits per heavy atom. The molecule has 2 aromatic carbocycles. The van der Waals surface area contributed by atoms with Crippen molar-refractivity contribution >= 4 is 52.8 Å². The molecule has 0 aliphatic carbocycles. The molecule has 0 amide bonds. The van der Waals surface area contributed by atoms with Crippen molar-refractivity contribution in [2.45, 2.75) is 43.5 Å². The Bertz CT molecular complexity index is 974. The summed E-state index contributed by atoms with van der Waals surface area (Å²) in [4.78, 5) is 26.3. The van der Waals surface area contributed by atoms with Gasteiger partial charge >= 0.3 is 5.97 Å². The number of hydrogen-bond acceptors (Lipinski definition) is 6. The number of carbonyl (C=O) groups excluding carboxylic acids is 2. The van der Waals surface area contributed by atoms with E-state index in [9.17, 15) is 9.59 Å². The Morgan fingerprint density at radius 3 is 2.64 bits per heavy atom. The average molecular weight is 509 g/mol. The zero-order chi connectivity index (χ0) is 23.6. The number of halogens is 2. The third-order valence-electron chi connectivity index (χ3n) is 4.94. The number of esters is 1. The lowest BCUT2D eigenvalue weighted by atomic mass is 10.1. The molecule has 33 heavy (non-hydrogen) atoms. The van der Waals surface area contributed by atoms with Crippen molar-refractivity contribution in [3.8, 4) is 0 Å². The fourth-order valence-corrected chi connectivity index (χ4v) is 4.44. The second-order valence-corrected chi connectivity index (χ2v) is 9.42. The number of ether oxygens (including phenoxy) is 3. The predicted molar refractivity (Wildman–Crippen MR) is 132 cm³/mol. The quantitative estimate of drug-likeness (QED) is 0.125. The second kappa shape index (κ2) is 13.2. The van der Waals surface area contributed by atoms with Crippen LogP contribution in [0.3, 0.4) is 0 Å². The molecule has 0 bridgehead atoms. The summed E-state index contributed by atoms with van der Waals surface area (Å²) in [7, 11) is 0. The van der Waals surface area contributed by atoms with Crippen molar-refractivity contribution in [2.75, 3.05) is 19.0 Å². The minimum atomic E-state index is -0.731. The number of carbonyl (C=O) groups is 2. The first-order valence-corrected chi connectivity index (χ1v) is 12.5. The molecule has 2 atom stereocenters. The van der Waals surface area contributed by atoms with E-state index in [4.69, 9.17) is 37.4 Å². The highest BCUT2D eigenvalue weighted by atomic mass is 35.5. The number of ketones is 1. The lowest BCUT2D eigenvalue weighted by Crippen LogP contribution is -2.32. The van der Waals surface area contributed by atoms with Crippen LogP contribution in [0.5, 0.6) is 0 Å². The molecule has 5 nitrogen and oxygen atoms in total. The van der Waals surface area contributed by atoms with Gasteiger partial charge in [0.1, 0.15) is 11.7 Å². The van der Waals surface area contributed by atoms with Gasteiger partial charge in [0, 0.05) is 17.3 Å². The van der Waals surface area contributed by atoms with E-state index in [0.717, 1.165) is 24.2 Å². The van der Waals surface area contributed by atoms with Crippen LogP contribution in [0.2, 0.25) is 10.0 Å². The molecular weight excluding hydrogens is 483 g/mol. The number of hydrogen-bond donors (Lipinski definition) is 0. The standard InChI is InChI=1S/C25H26Cl2O5S/c1-17(28)21(14-18-8-7-11-22(26)24(18)27)25(29)32-19(15-31-23-12-5-6-13-30-23)16-33-20-9-3-2-4-10-20/h2-4,7-11,14,19,23H,5-6,12-13,15-16H2,1H3. The van der Waals surface area contributed by atoms with E-state index >= 15 is 0 Å². The first-order chi connectivity index (χ1) is 15.9. The summed E-state index contributed by atoms with van der Waals surface area (Å²) in [6.45, 7) is 2.14. The Kier molecular flexibility index (Phi) is 10.3. The van der Waals surface area contributed by atoms with Crippen molar-refractivity contribution < 1.29 is 23.8 Å². The van der Waals surface area contributed by atoms with Crippen molar-refractivity contribution in [1.29, 1.82) is 0 Å². The zero-order valence-electron chi connectivity index (χ0n) is 18.3. The van der Waals surface area contributed by atoms with E-state index < -0.39 is 17.9 Å². The lowest BCUT2D eigenvalue weighted by molar-refractivity contribution is -0.181. The third kappa shape index (κ3) is 8.16. The number of thioether (sulfide) groups is 1. The maximum absolute atomic E-state index is 13.0. The Labute approximate surface area is 208 Å². The Balaban J connectivity index is 1.73. The fraction of sp³-hybridized carbons (Fsp3) is 0.360. The van der Waals surface area contributed by atoms with Gasteiger partial charge in [-0.1, -0.05) is 53.5 Å². The van der Waals surface area contributed by atoms with E-state index in [2.05, 4.69) is 0 Å². The molecule has 0 saturated carbocycles.